The van der Waals surface area contributed by atoms with Gasteiger partial charge in [-0.3, -0.25) is 0 Å². The van der Waals surface area contributed by atoms with Crippen LogP contribution in [0.1, 0.15) is 133 Å². The van der Waals surface area contributed by atoms with Gasteiger partial charge in [-0.1, -0.05) is 99.6 Å². The summed E-state index contributed by atoms with van der Waals surface area (Å²) in [5.41, 5.74) is 5.66. The maximum atomic E-state index is 2.71. The molecule has 0 N–H and O–H groups in total. The topological polar surface area (TPSA) is 0 Å². The first-order valence-electron chi connectivity index (χ1n) is 13.5. The van der Waals surface area contributed by atoms with Crippen molar-refractivity contribution in [3.05, 3.63) is 11.1 Å². The van der Waals surface area contributed by atoms with Crippen LogP contribution in [0.25, 0.3) is 0 Å². The molecule has 0 heteroatoms. The molecule has 3 aliphatic rings. The molecule has 6 atom stereocenters. The van der Waals surface area contributed by atoms with Crippen molar-refractivity contribution in [2.75, 3.05) is 0 Å². The summed E-state index contributed by atoms with van der Waals surface area (Å²) in [4.78, 5) is 0. The highest BCUT2D eigenvalue weighted by atomic mass is 14.7. The number of hydrogen-bond donors (Lipinski definition) is 0. The molecule has 174 valence electrons. The van der Waals surface area contributed by atoms with Gasteiger partial charge in [0.15, 0.2) is 0 Å². The average molecular weight is 415 g/mol. The molecule has 1 fully saturated rings. The summed E-state index contributed by atoms with van der Waals surface area (Å²) in [5, 5.41) is 0. The minimum Gasteiger partial charge on any atom is -0.0645 e. The lowest BCUT2D eigenvalue weighted by molar-refractivity contribution is 0.00817. The first-order valence-corrected chi connectivity index (χ1v) is 13.5. The first kappa shape index (κ1) is 24.4. The van der Waals surface area contributed by atoms with Crippen molar-refractivity contribution in [1.29, 1.82) is 0 Å². The third-order valence-corrected chi connectivity index (χ3v) is 11.0. The fraction of sp³-hybridized carbons (Fsp3) is 0.933. The van der Waals surface area contributed by atoms with E-state index in [1.54, 1.807) is 0 Å². The Bertz CT molecular complexity index is 645. The van der Waals surface area contributed by atoms with Gasteiger partial charge in [0.25, 0.3) is 0 Å². The maximum absolute atomic E-state index is 2.71. The molecule has 3 rings (SSSR count). The highest BCUT2D eigenvalue weighted by molar-refractivity contribution is 5.38. The van der Waals surface area contributed by atoms with Crippen LogP contribution in [0.5, 0.6) is 0 Å². The van der Waals surface area contributed by atoms with E-state index in [4.69, 9.17) is 0 Å². The van der Waals surface area contributed by atoms with Crippen LogP contribution in [0.4, 0.5) is 0 Å². The van der Waals surface area contributed by atoms with Gasteiger partial charge in [-0.25, -0.2) is 0 Å². The van der Waals surface area contributed by atoms with Crippen LogP contribution in [0.15, 0.2) is 11.1 Å². The predicted octanol–water partition coefficient (Wildman–Crippen LogP) is 9.83. The highest BCUT2D eigenvalue weighted by Gasteiger charge is 2.61. The Labute approximate surface area is 190 Å². The Morgan fingerprint density at radius 1 is 0.900 bits per heavy atom. The second kappa shape index (κ2) is 8.26. The average Bonchev–Trinajstić information content (AvgIpc) is 2.92. The second-order valence-corrected chi connectivity index (χ2v) is 13.9. The molecule has 0 aromatic rings. The molecular formula is C30H54. The van der Waals surface area contributed by atoms with E-state index in [1.807, 2.05) is 11.1 Å². The molecule has 0 spiro atoms. The molecule has 0 nitrogen and oxygen atoms in total. The molecule has 30 heavy (non-hydrogen) atoms. The molecule has 0 aromatic carbocycles. The summed E-state index contributed by atoms with van der Waals surface area (Å²) in [6.07, 6.45) is 14.1. The third-order valence-electron chi connectivity index (χ3n) is 11.0. The van der Waals surface area contributed by atoms with E-state index in [1.165, 1.54) is 64.2 Å². The lowest BCUT2D eigenvalue weighted by atomic mass is 9.45. The van der Waals surface area contributed by atoms with E-state index in [2.05, 4.69) is 69.2 Å². The molecule has 1 saturated carbocycles. The van der Waals surface area contributed by atoms with E-state index in [0.29, 0.717) is 21.7 Å². The Morgan fingerprint density at radius 2 is 1.57 bits per heavy atom. The van der Waals surface area contributed by atoms with Crippen molar-refractivity contribution >= 4 is 0 Å². The third kappa shape index (κ3) is 3.75. The standard InChI is InChI=1S/C30H54/c1-11-28(8)24-18-20-29(9)23(22(4)14-12-13-21(2)3)17-19-30(29,10)25(24)15-16-26(28)27(5,6)7/h21-23,26H,11-20H2,1-10H3/t22-,23-,26?,28-,29-,30+/m1/s1. The van der Waals surface area contributed by atoms with Gasteiger partial charge in [0.05, 0.1) is 0 Å². The minimum absolute atomic E-state index is 0.411. The van der Waals surface area contributed by atoms with E-state index >= 15 is 0 Å². The van der Waals surface area contributed by atoms with E-state index in [-0.39, 0.29) is 0 Å². The molecule has 3 aliphatic carbocycles. The number of hydrogen-bond acceptors (Lipinski definition) is 0. The largest absolute Gasteiger partial charge is 0.0645 e. The monoisotopic (exact) mass is 414 g/mol. The Hall–Kier alpha value is -0.260. The van der Waals surface area contributed by atoms with Gasteiger partial charge in [0, 0.05) is 0 Å². The van der Waals surface area contributed by atoms with Crippen LogP contribution in [-0.4, -0.2) is 0 Å². The van der Waals surface area contributed by atoms with Gasteiger partial charge < -0.3 is 0 Å². The van der Waals surface area contributed by atoms with Crippen LogP contribution < -0.4 is 0 Å². The van der Waals surface area contributed by atoms with Crippen LogP contribution in [0.3, 0.4) is 0 Å². The Kier molecular flexibility index (Phi) is 6.71. The van der Waals surface area contributed by atoms with Crippen LogP contribution in [0, 0.1) is 45.3 Å². The summed E-state index contributed by atoms with van der Waals surface area (Å²) in [6.45, 7) is 25.4. The van der Waals surface area contributed by atoms with Crippen LogP contribution in [0.2, 0.25) is 0 Å². The van der Waals surface area contributed by atoms with Gasteiger partial charge in [-0.05, 0) is 90.3 Å². The van der Waals surface area contributed by atoms with Crippen molar-refractivity contribution in [3.63, 3.8) is 0 Å². The quantitative estimate of drug-likeness (QED) is 0.379. The molecule has 0 aromatic heterocycles. The van der Waals surface area contributed by atoms with Gasteiger partial charge >= 0.3 is 0 Å². The van der Waals surface area contributed by atoms with Gasteiger partial charge in [0.1, 0.15) is 0 Å². The molecule has 0 radical (unpaired) electrons. The van der Waals surface area contributed by atoms with Crippen molar-refractivity contribution < 1.29 is 0 Å². The molecule has 0 heterocycles. The summed E-state index contributed by atoms with van der Waals surface area (Å²) < 4.78 is 0. The van der Waals surface area contributed by atoms with E-state index in [9.17, 15) is 0 Å². The summed E-state index contributed by atoms with van der Waals surface area (Å²) in [5.74, 6) is 3.50. The smallest absolute Gasteiger partial charge is 0.00568 e. The minimum atomic E-state index is 0.411. The van der Waals surface area contributed by atoms with Crippen molar-refractivity contribution in [2.45, 2.75) is 133 Å². The number of rotatable bonds is 6. The van der Waals surface area contributed by atoms with Gasteiger partial charge in [0.2, 0.25) is 0 Å². The summed E-state index contributed by atoms with van der Waals surface area (Å²) >= 11 is 0. The Morgan fingerprint density at radius 3 is 2.13 bits per heavy atom. The molecular weight excluding hydrogens is 360 g/mol. The molecule has 0 saturated heterocycles. The fourth-order valence-corrected chi connectivity index (χ4v) is 8.97. The summed E-state index contributed by atoms with van der Waals surface area (Å²) in [7, 11) is 0. The normalized spacial score (nSPS) is 40.5. The second-order valence-electron chi connectivity index (χ2n) is 13.9. The van der Waals surface area contributed by atoms with Gasteiger partial charge in [-0.2, -0.15) is 0 Å². The zero-order valence-electron chi connectivity index (χ0n) is 22.4. The fourth-order valence-electron chi connectivity index (χ4n) is 8.97. The molecule has 0 amide bonds. The maximum Gasteiger partial charge on any atom is -0.00568 e. The summed E-state index contributed by atoms with van der Waals surface area (Å²) in [6, 6.07) is 0. The number of fused-ring (bicyclic) bond motifs is 2. The lowest BCUT2D eigenvalue weighted by Crippen LogP contribution is -2.49. The van der Waals surface area contributed by atoms with Crippen molar-refractivity contribution in [1.82, 2.24) is 0 Å². The highest BCUT2D eigenvalue weighted by Crippen LogP contribution is 2.71. The van der Waals surface area contributed by atoms with Crippen LogP contribution >= 0.6 is 0 Å². The molecule has 0 bridgehead atoms. The zero-order valence-corrected chi connectivity index (χ0v) is 22.4. The zero-order chi connectivity index (χ0) is 22.5. The first-order chi connectivity index (χ1) is 13.8. The van der Waals surface area contributed by atoms with Crippen LogP contribution in [-0.2, 0) is 0 Å². The van der Waals surface area contributed by atoms with E-state index < -0.39 is 0 Å². The molecule has 1 unspecified atom stereocenters. The SMILES string of the molecule is CC[C@]1(C)C2=C(CCC1C(C)(C)C)[C@]1(C)CC[C@H]([C@H](C)CCCC(C)C)[C@@]1(C)CC2. The predicted molar refractivity (Wildman–Crippen MR) is 134 cm³/mol. The van der Waals surface area contributed by atoms with Crippen molar-refractivity contribution in [3.8, 4) is 0 Å². The van der Waals surface area contributed by atoms with Crippen molar-refractivity contribution in [2.24, 2.45) is 45.3 Å². The molecule has 0 aliphatic heterocycles. The van der Waals surface area contributed by atoms with Gasteiger partial charge in [-0.15, -0.1) is 0 Å². The Balaban J connectivity index is 1.91. The number of allylic oxidation sites excluding steroid dienone is 2. The lowest BCUT2D eigenvalue weighted by Gasteiger charge is -2.59. The van der Waals surface area contributed by atoms with E-state index in [0.717, 1.165) is 23.7 Å².